The van der Waals surface area contributed by atoms with E-state index in [1.54, 1.807) is 6.07 Å². The predicted molar refractivity (Wildman–Crippen MR) is 82.3 cm³/mol. The fraction of sp³-hybridized carbons (Fsp3) is 0.588. The highest BCUT2D eigenvalue weighted by molar-refractivity contribution is 5.94. The minimum absolute atomic E-state index is 0.0728. The van der Waals surface area contributed by atoms with Gasteiger partial charge in [-0.2, -0.15) is 0 Å². The van der Waals surface area contributed by atoms with Gasteiger partial charge in [0.2, 0.25) is 0 Å². The van der Waals surface area contributed by atoms with Crippen molar-refractivity contribution in [1.29, 1.82) is 0 Å². The number of aliphatic hydroxyl groups excluding tert-OH is 1. The van der Waals surface area contributed by atoms with Crippen LogP contribution in [0.15, 0.2) is 12.1 Å². The van der Waals surface area contributed by atoms with Gasteiger partial charge in [0.15, 0.2) is 0 Å². The number of benzene rings is 1. The number of hydrogen-bond donors (Lipinski definition) is 2. The van der Waals surface area contributed by atoms with Crippen LogP contribution in [-0.4, -0.2) is 35.5 Å². The first-order valence-electron chi connectivity index (χ1n) is 7.80. The lowest BCUT2D eigenvalue weighted by Gasteiger charge is -2.20. The number of phenols is 1. The zero-order chi connectivity index (χ0) is 16.1. The van der Waals surface area contributed by atoms with Crippen LogP contribution in [0.25, 0.3) is 0 Å². The predicted octanol–water partition coefficient (Wildman–Crippen LogP) is 2.81. The average Bonchev–Trinajstić information content (AvgIpc) is 2.47. The van der Waals surface area contributed by atoms with E-state index in [0.717, 1.165) is 24.8 Å². The summed E-state index contributed by atoms with van der Waals surface area (Å²) in [5.41, 5.74) is 1.12. The van der Waals surface area contributed by atoms with Gasteiger partial charge in [-0.15, -0.1) is 0 Å². The lowest BCUT2D eigenvalue weighted by molar-refractivity contribution is 0.0273. The second kappa shape index (κ2) is 7.49. The molecule has 22 heavy (non-hydrogen) atoms. The van der Waals surface area contributed by atoms with Crippen LogP contribution in [0, 0.1) is 0 Å². The third kappa shape index (κ3) is 4.13. The molecule has 122 valence electrons. The quantitative estimate of drug-likeness (QED) is 0.780. The number of aryl methyl sites for hydroxylation is 1. The van der Waals surface area contributed by atoms with Gasteiger partial charge in [0.1, 0.15) is 17.1 Å². The summed E-state index contributed by atoms with van der Waals surface area (Å²) in [6, 6.07) is 3.02. The van der Waals surface area contributed by atoms with E-state index in [2.05, 4.69) is 0 Å². The minimum atomic E-state index is -0.436. The van der Waals surface area contributed by atoms with Crippen molar-refractivity contribution in [2.75, 3.05) is 7.11 Å². The maximum Gasteiger partial charge on any atom is 0.342 e. The summed E-state index contributed by atoms with van der Waals surface area (Å²) >= 11 is 0. The van der Waals surface area contributed by atoms with Crippen LogP contribution < -0.4 is 4.74 Å². The third-order valence-electron chi connectivity index (χ3n) is 4.04. The fourth-order valence-electron chi connectivity index (χ4n) is 2.81. The van der Waals surface area contributed by atoms with Crippen molar-refractivity contribution < 1.29 is 24.5 Å². The zero-order valence-electron chi connectivity index (χ0n) is 13.2. The van der Waals surface area contributed by atoms with Crippen LogP contribution in [0.1, 0.15) is 54.9 Å². The lowest BCUT2D eigenvalue weighted by Crippen LogP contribution is -2.20. The summed E-state index contributed by atoms with van der Waals surface area (Å²) in [5, 5.41) is 19.7. The minimum Gasteiger partial charge on any atom is -0.508 e. The van der Waals surface area contributed by atoms with Crippen molar-refractivity contribution >= 4 is 5.97 Å². The molecule has 2 N–H and O–H groups in total. The number of phenolic OH excluding ortho intramolecular Hbond substituents is 1. The van der Waals surface area contributed by atoms with Crippen LogP contribution in [0.5, 0.6) is 11.5 Å². The Labute approximate surface area is 130 Å². The van der Waals surface area contributed by atoms with E-state index in [0.29, 0.717) is 30.6 Å². The molecule has 0 aromatic heterocycles. The van der Waals surface area contributed by atoms with Crippen LogP contribution in [0.4, 0.5) is 0 Å². The first-order valence-corrected chi connectivity index (χ1v) is 7.80. The van der Waals surface area contributed by atoms with Gasteiger partial charge in [0.25, 0.3) is 0 Å². The number of fused-ring (bicyclic) bond motifs is 1. The molecule has 0 saturated carbocycles. The summed E-state index contributed by atoms with van der Waals surface area (Å²) in [5.74, 6) is -0.0257. The monoisotopic (exact) mass is 308 g/mol. The molecular weight excluding hydrogens is 284 g/mol. The largest absolute Gasteiger partial charge is 0.508 e. The van der Waals surface area contributed by atoms with Crippen LogP contribution in [-0.2, 0) is 11.2 Å². The van der Waals surface area contributed by atoms with Crippen molar-refractivity contribution in [3.05, 3.63) is 23.3 Å². The smallest absolute Gasteiger partial charge is 0.342 e. The molecular formula is C17H24O5. The molecule has 0 radical (unpaired) electrons. The Morgan fingerprint density at radius 3 is 2.73 bits per heavy atom. The molecule has 0 aliphatic carbocycles. The van der Waals surface area contributed by atoms with Gasteiger partial charge in [-0.25, -0.2) is 4.79 Å². The number of carbonyl (C=O) groups is 1. The molecule has 1 aromatic carbocycles. The molecule has 0 unspecified atom stereocenters. The summed E-state index contributed by atoms with van der Waals surface area (Å²) in [4.78, 5) is 12.5. The van der Waals surface area contributed by atoms with Crippen molar-refractivity contribution in [3.63, 3.8) is 0 Å². The van der Waals surface area contributed by atoms with E-state index in [9.17, 15) is 15.0 Å². The highest BCUT2D eigenvalue weighted by atomic mass is 16.5. The van der Waals surface area contributed by atoms with Crippen molar-refractivity contribution in [1.82, 2.24) is 0 Å². The lowest BCUT2D eigenvalue weighted by atomic mass is 9.97. The maximum absolute atomic E-state index is 12.5. The molecule has 0 fully saturated rings. The van der Waals surface area contributed by atoms with Gasteiger partial charge < -0.3 is 19.7 Å². The highest BCUT2D eigenvalue weighted by Crippen LogP contribution is 2.31. The topological polar surface area (TPSA) is 76.0 Å². The molecule has 2 rings (SSSR count). The fourth-order valence-corrected chi connectivity index (χ4v) is 2.81. The third-order valence-corrected chi connectivity index (χ3v) is 4.04. The molecule has 5 heteroatoms. The van der Waals surface area contributed by atoms with Gasteiger partial charge >= 0.3 is 5.97 Å². The summed E-state index contributed by atoms with van der Waals surface area (Å²) < 4.78 is 10.7. The summed E-state index contributed by atoms with van der Waals surface area (Å²) in [6.07, 6.45) is 3.73. The molecule has 5 nitrogen and oxygen atoms in total. The van der Waals surface area contributed by atoms with Crippen molar-refractivity contribution in [2.45, 2.75) is 57.7 Å². The molecule has 1 aliphatic rings. The van der Waals surface area contributed by atoms with E-state index in [-0.39, 0.29) is 18.0 Å². The Kier molecular flexibility index (Phi) is 5.66. The van der Waals surface area contributed by atoms with Crippen molar-refractivity contribution in [2.24, 2.45) is 0 Å². The van der Waals surface area contributed by atoms with E-state index in [1.165, 1.54) is 13.2 Å². The van der Waals surface area contributed by atoms with E-state index in [1.807, 2.05) is 6.92 Å². The normalized spacial score (nSPS) is 23.7. The zero-order valence-corrected chi connectivity index (χ0v) is 13.2. The summed E-state index contributed by atoms with van der Waals surface area (Å²) in [6.45, 7) is 1.82. The van der Waals surface area contributed by atoms with E-state index >= 15 is 0 Å². The number of hydrogen-bond acceptors (Lipinski definition) is 5. The maximum atomic E-state index is 12.5. The number of aromatic hydroxyl groups is 1. The number of ether oxygens (including phenoxy) is 2. The van der Waals surface area contributed by atoms with Crippen molar-refractivity contribution in [3.8, 4) is 11.5 Å². The Morgan fingerprint density at radius 1 is 1.23 bits per heavy atom. The SMILES string of the molecule is COc1cc(O)cc2c1C(=O)O[C@H](C)CC[C@@H](O)CCCC2. The highest BCUT2D eigenvalue weighted by Gasteiger charge is 2.23. The summed E-state index contributed by atoms with van der Waals surface area (Å²) in [7, 11) is 1.47. The standard InChI is InChI=1S/C17H24O5/c1-11-7-8-13(18)6-4-3-5-12-9-14(19)10-15(21-2)16(12)17(20)22-11/h9-11,13,18-19H,3-8H2,1-2H3/t11-,13+/m1/s1. The van der Waals surface area contributed by atoms with Gasteiger partial charge in [-0.3, -0.25) is 0 Å². The number of cyclic esters (lactones) is 1. The van der Waals surface area contributed by atoms with Gasteiger partial charge in [-0.1, -0.05) is 6.42 Å². The number of carbonyl (C=O) groups excluding carboxylic acids is 1. The van der Waals surface area contributed by atoms with E-state index < -0.39 is 5.97 Å². The Bertz CT molecular complexity index is 526. The first-order chi connectivity index (χ1) is 10.5. The molecule has 2 atom stereocenters. The number of rotatable bonds is 1. The Hall–Kier alpha value is -1.75. The second-order valence-corrected chi connectivity index (χ2v) is 5.88. The van der Waals surface area contributed by atoms with Gasteiger partial charge in [-0.05, 0) is 50.7 Å². The molecule has 0 bridgehead atoms. The van der Waals surface area contributed by atoms with Crippen LogP contribution in [0.3, 0.4) is 0 Å². The molecule has 0 spiro atoms. The van der Waals surface area contributed by atoms with E-state index in [4.69, 9.17) is 9.47 Å². The molecule has 0 saturated heterocycles. The number of methoxy groups -OCH3 is 1. The molecule has 1 aliphatic heterocycles. The molecule has 1 aromatic rings. The molecule has 1 heterocycles. The number of aliphatic hydroxyl groups is 1. The van der Waals surface area contributed by atoms with Crippen LogP contribution in [0.2, 0.25) is 0 Å². The number of esters is 1. The average molecular weight is 308 g/mol. The van der Waals surface area contributed by atoms with Gasteiger partial charge in [0, 0.05) is 6.07 Å². The molecule has 0 amide bonds. The second-order valence-electron chi connectivity index (χ2n) is 5.88. The Balaban J connectivity index is 2.34. The Morgan fingerprint density at radius 2 is 2.00 bits per heavy atom. The first kappa shape index (κ1) is 16.6. The van der Waals surface area contributed by atoms with Gasteiger partial charge in [0.05, 0.1) is 19.3 Å². The van der Waals surface area contributed by atoms with Crippen LogP contribution >= 0.6 is 0 Å².